The topological polar surface area (TPSA) is 164 Å². The molecule has 0 bridgehead atoms. The summed E-state index contributed by atoms with van der Waals surface area (Å²) in [6, 6.07) is 12.2. The fraction of sp³-hybridized carbons (Fsp3) is 0.300. The number of methoxy groups -OCH3 is 1. The number of carbonyl (C=O) groups is 3. The minimum atomic E-state index is -1.01. The lowest BCUT2D eigenvalue weighted by Gasteiger charge is -2.17. The Balaban J connectivity index is 1.46. The predicted octanol–water partition coefficient (Wildman–Crippen LogP) is 2.44. The molecule has 0 fully saturated rings. The van der Waals surface area contributed by atoms with Gasteiger partial charge >= 0.3 is 6.09 Å². The summed E-state index contributed by atoms with van der Waals surface area (Å²) in [4.78, 5) is 67.9. The fourth-order valence-corrected chi connectivity index (χ4v) is 4.30. The number of anilines is 1. The van der Waals surface area contributed by atoms with E-state index in [4.69, 9.17) is 0 Å². The van der Waals surface area contributed by atoms with Gasteiger partial charge in [-0.3, -0.25) is 14.4 Å². The number of rotatable bonds is 12. The number of allylic oxidation sites excluding steroid dienone is 1. The lowest BCUT2D eigenvalue weighted by atomic mass is 10.1. The molecule has 4 rings (SSSR count). The van der Waals surface area contributed by atoms with Gasteiger partial charge in [0.05, 0.1) is 19.3 Å². The Bertz CT molecular complexity index is 1660. The smallest absolute Gasteiger partial charge is 0.407 e. The highest BCUT2D eigenvalue weighted by Crippen LogP contribution is 2.15. The summed E-state index contributed by atoms with van der Waals surface area (Å²) in [5, 5.41) is 5.08. The molecular weight excluding hydrogens is 552 g/mol. The first-order valence-corrected chi connectivity index (χ1v) is 13.7. The Hall–Kier alpha value is -5.33. The Morgan fingerprint density at radius 3 is 2.63 bits per heavy atom. The molecule has 3 heterocycles. The van der Waals surface area contributed by atoms with Crippen LogP contribution in [0, 0.1) is 0 Å². The van der Waals surface area contributed by atoms with E-state index < -0.39 is 23.6 Å². The van der Waals surface area contributed by atoms with Crippen LogP contribution < -0.4 is 16.2 Å². The van der Waals surface area contributed by atoms with Crippen LogP contribution in [0.15, 0.2) is 71.9 Å². The van der Waals surface area contributed by atoms with Gasteiger partial charge in [0.2, 0.25) is 11.8 Å². The van der Waals surface area contributed by atoms with Crippen molar-refractivity contribution in [2.75, 3.05) is 26.5 Å². The van der Waals surface area contributed by atoms with Crippen molar-refractivity contribution in [3.05, 3.63) is 94.6 Å². The molecule has 13 nitrogen and oxygen atoms in total. The third-order valence-corrected chi connectivity index (χ3v) is 6.62. The minimum Gasteiger partial charge on any atom is -0.453 e. The maximum Gasteiger partial charge on any atom is 0.407 e. The number of amides is 3. The van der Waals surface area contributed by atoms with E-state index in [1.54, 1.807) is 32.4 Å². The number of aromatic amines is 1. The highest BCUT2D eigenvalue weighted by Gasteiger charge is 2.22. The molecule has 1 aromatic carbocycles. The number of carbonyl (C=O) groups excluding carboxylic acids is 3. The molecule has 0 saturated heterocycles. The van der Waals surface area contributed by atoms with Gasteiger partial charge in [-0.05, 0) is 49.5 Å². The number of pyridine rings is 1. The Labute approximate surface area is 248 Å². The lowest BCUT2D eigenvalue weighted by Crippen LogP contribution is -2.44. The molecule has 3 amide bonds. The molecule has 0 aliphatic carbocycles. The zero-order valence-corrected chi connectivity index (χ0v) is 24.2. The molecule has 3 N–H and O–H groups in total. The quantitative estimate of drug-likeness (QED) is 0.213. The number of hydrogen-bond donors (Lipinski definition) is 3. The average molecular weight is 587 g/mol. The Morgan fingerprint density at radius 1 is 1.09 bits per heavy atom. The van der Waals surface area contributed by atoms with Crippen molar-refractivity contribution < 1.29 is 19.1 Å². The molecule has 1 unspecified atom stereocenters. The van der Waals surface area contributed by atoms with Crippen molar-refractivity contribution in [2.24, 2.45) is 0 Å². The lowest BCUT2D eigenvalue weighted by molar-refractivity contribution is -0.123. The van der Waals surface area contributed by atoms with Gasteiger partial charge in [-0.25, -0.2) is 19.7 Å². The largest absolute Gasteiger partial charge is 0.453 e. The van der Waals surface area contributed by atoms with Crippen molar-refractivity contribution in [3.8, 4) is 0 Å². The molecule has 0 aliphatic rings. The third-order valence-electron chi connectivity index (χ3n) is 6.62. The van der Waals surface area contributed by atoms with Crippen LogP contribution in [0.5, 0.6) is 0 Å². The number of aromatic nitrogens is 5. The van der Waals surface area contributed by atoms with Gasteiger partial charge in [-0.1, -0.05) is 36.4 Å². The molecule has 43 heavy (non-hydrogen) atoms. The van der Waals surface area contributed by atoms with Gasteiger partial charge in [0, 0.05) is 20.3 Å². The summed E-state index contributed by atoms with van der Waals surface area (Å²) in [5.74, 6) is -0.298. The summed E-state index contributed by atoms with van der Waals surface area (Å²) in [5.41, 5.74) is 2.81. The molecule has 0 radical (unpaired) electrons. The van der Waals surface area contributed by atoms with Crippen LogP contribution >= 0.6 is 0 Å². The third kappa shape index (κ3) is 8.35. The number of aryl methyl sites for hydroxylation is 2. The number of nitrogens with zero attached hydrogens (tertiary/aromatic N) is 5. The summed E-state index contributed by atoms with van der Waals surface area (Å²) < 4.78 is 6.05. The van der Waals surface area contributed by atoms with E-state index in [0.717, 1.165) is 12.1 Å². The number of alkyl carbamates (subject to hydrolysis) is 1. The second kappa shape index (κ2) is 14.5. The summed E-state index contributed by atoms with van der Waals surface area (Å²) >= 11 is 0. The van der Waals surface area contributed by atoms with E-state index >= 15 is 0 Å². The van der Waals surface area contributed by atoms with E-state index in [0.29, 0.717) is 29.8 Å². The van der Waals surface area contributed by atoms with Crippen molar-refractivity contribution in [1.82, 2.24) is 34.7 Å². The van der Waals surface area contributed by atoms with Gasteiger partial charge in [-0.2, -0.15) is 0 Å². The second-order valence-electron chi connectivity index (χ2n) is 9.93. The molecule has 0 saturated carbocycles. The van der Waals surface area contributed by atoms with Gasteiger partial charge in [0.25, 0.3) is 5.56 Å². The molecule has 1 atom stereocenters. The van der Waals surface area contributed by atoms with Crippen LogP contribution in [0.1, 0.15) is 29.9 Å². The Kier molecular flexibility index (Phi) is 10.3. The maximum absolute atomic E-state index is 13.3. The van der Waals surface area contributed by atoms with E-state index in [-0.39, 0.29) is 24.6 Å². The van der Waals surface area contributed by atoms with Gasteiger partial charge in [0.15, 0.2) is 5.65 Å². The highest BCUT2D eigenvalue weighted by molar-refractivity contribution is 5.96. The van der Waals surface area contributed by atoms with Crippen molar-refractivity contribution in [1.29, 1.82) is 0 Å². The zero-order chi connectivity index (χ0) is 30.8. The van der Waals surface area contributed by atoms with Crippen LogP contribution in [-0.4, -0.2) is 74.6 Å². The van der Waals surface area contributed by atoms with Gasteiger partial charge < -0.3 is 29.8 Å². The monoisotopic (exact) mass is 586 g/mol. The number of benzene rings is 1. The normalized spacial score (nSPS) is 11.8. The standard InChI is InChI=1S/C30H34N8O5/c1-37(2)25(39)14-8-7-12-22(34-30(42)43-3)28(40)33-23-13-9-17-38(29(23)41)18-24-35-26-21(31-19-32-27(26)36-24)16-15-20-10-5-4-6-11-20/h4-6,8-11,13-14,17,19,22H,7,12,15-16,18H2,1-3H3,(H,33,40)(H,34,42)(H,31,32,35,36). The molecule has 4 aromatic rings. The number of imidazole rings is 1. The van der Waals surface area contributed by atoms with E-state index in [9.17, 15) is 19.2 Å². The van der Waals surface area contributed by atoms with Crippen LogP contribution in [0.2, 0.25) is 0 Å². The summed E-state index contributed by atoms with van der Waals surface area (Å²) in [6.45, 7) is 0.103. The predicted molar refractivity (Wildman–Crippen MR) is 160 cm³/mol. The van der Waals surface area contributed by atoms with E-state index in [1.165, 1.54) is 40.6 Å². The maximum atomic E-state index is 13.3. The number of nitrogens with one attached hydrogen (secondary N) is 3. The highest BCUT2D eigenvalue weighted by atomic mass is 16.5. The van der Waals surface area contributed by atoms with E-state index in [1.807, 2.05) is 18.2 Å². The second-order valence-corrected chi connectivity index (χ2v) is 9.93. The average Bonchev–Trinajstić information content (AvgIpc) is 3.43. The van der Waals surface area contributed by atoms with Gasteiger partial charge in [-0.15, -0.1) is 0 Å². The minimum absolute atomic E-state index is 0.0296. The first kappa shape index (κ1) is 30.6. The van der Waals surface area contributed by atoms with Crippen molar-refractivity contribution in [2.45, 2.75) is 38.3 Å². The van der Waals surface area contributed by atoms with E-state index in [2.05, 4.69) is 47.4 Å². The van der Waals surface area contributed by atoms with Crippen LogP contribution in [0.25, 0.3) is 11.2 Å². The SMILES string of the molecule is COC(=O)NC(CCC=CC(=O)N(C)C)C(=O)Nc1cccn(Cc2nc3ncnc(CCc4ccccc4)c3[nH]2)c1=O. The number of hydrogen-bond acceptors (Lipinski definition) is 8. The fourth-order valence-electron chi connectivity index (χ4n) is 4.30. The zero-order valence-electron chi connectivity index (χ0n) is 24.2. The van der Waals surface area contributed by atoms with Crippen LogP contribution in [-0.2, 0) is 33.7 Å². The molecule has 0 aliphatic heterocycles. The van der Waals surface area contributed by atoms with Crippen molar-refractivity contribution >= 4 is 34.8 Å². The first-order valence-electron chi connectivity index (χ1n) is 13.7. The molecular formula is C30H34N8O5. The summed E-state index contributed by atoms with van der Waals surface area (Å²) in [7, 11) is 4.44. The summed E-state index contributed by atoms with van der Waals surface area (Å²) in [6.07, 6.45) is 7.26. The number of ether oxygens (including phenoxy) is 1. The first-order chi connectivity index (χ1) is 20.7. The van der Waals surface area contributed by atoms with Gasteiger partial charge in [0.1, 0.15) is 29.4 Å². The molecule has 13 heteroatoms. The molecule has 0 spiro atoms. The molecule has 3 aromatic heterocycles. The van der Waals surface area contributed by atoms with Crippen LogP contribution in [0.4, 0.5) is 10.5 Å². The Morgan fingerprint density at radius 2 is 1.88 bits per heavy atom. The number of fused-ring (bicyclic) bond motifs is 1. The van der Waals surface area contributed by atoms with Crippen LogP contribution in [0.3, 0.4) is 0 Å². The van der Waals surface area contributed by atoms with Crippen molar-refractivity contribution in [3.63, 3.8) is 0 Å². The number of likely N-dealkylation sites (N-methyl/N-ethyl adjacent to an activating group) is 1. The molecule has 224 valence electrons. The number of H-pyrrole nitrogens is 1.